The zero-order valence-electron chi connectivity index (χ0n) is 10.5. The zero-order valence-corrected chi connectivity index (χ0v) is 13.6. The fourth-order valence-electron chi connectivity index (χ4n) is 1.29. The number of halogens is 2. The van der Waals surface area contributed by atoms with Gasteiger partial charge in [0.05, 0.1) is 13.2 Å². The summed E-state index contributed by atoms with van der Waals surface area (Å²) in [6.07, 6.45) is 0.922. The second-order valence-electron chi connectivity index (χ2n) is 4.87. The average Bonchev–Trinajstić information content (AvgIpc) is 2.50. The van der Waals surface area contributed by atoms with Crippen LogP contribution < -0.4 is 5.32 Å². The molecule has 0 saturated heterocycles. The quantitative estimate of drug-likeness (QED) is 0.787. The van der Waals surface area contributed by atoms with Gasteiger partial charge >= 0.3 is 0 Å². The van der Waals surface area contributed by atoms with E-state index in [0.717, 1.165) is 35.0 Å². The minimum absolute atomic E-state index is 0.162. The van der Waals surface area contributed by atoms with Crippen molar-refractivity contribution in [2.75, 3.05) is 19.8 Å². The number of thiophene rings is 1. The molecule has 0 bridgehead atoms. The summed E-state index contributed by atoms with van der Waals surface area (Å²) in [6, 6.07) is 2.06. The molecule has 1 aromatic heterocycles. The number of rotatable bonds is 6. The molecular formula is C12H19BrClNOS. The van der Waals surface area contributed by atoms with Crippen LogP contribution in [0.3, 0.4) is 0 Å². The first-order chi connectivity index (χ1) is 7.88. The Morgan fingerprint density at radius 1 is 1.41 bits per heavy atom. The summed E-state index contributed by atoms with van der Waals surface area (Å²) >= 11 is 11.0. The van der Waals surface area contributed by atoms with E-state index in [1.807, 2.05) is 0 Å². The van der Waals surface area contributed by atoms with E-state index < -0.39 is 0 Å². The van der Waals surface area contributed by atoms with E-state index in [0.29, 0.717) is 0 Å². The van der Waals surface area contributed by atoms with E-state index >= 15 is 0 Å². The van der Waals surface area contributed by atoms with Crippen molar-refractivity contribution in [3.63, 3.8) is 0 Å². The zero-order chi connectivity index (χ0) is 12.9. The van der Waals surface area contributed by atoms with Gasteiger partial charge in [-0.3, -0.25) is 0 Å². The minimum Gasteiger partial charge on any atom is -0.380 e. The molecule has 17 heavy (non-hydrogen) atoms. The van der Waals surface area contributed by atoms with E-state index in [-0.39, 0.29) is 5.54 Å². The molecule has 1 N–H and O–H groups in total. The summed E-state index contributed by atoms with van der Waals surface area (Å²) < 4.78 is 7.36. The maximum Gasteiger partial charge on any atom is 0.107 e. The molecule has 5 heteroatoms. The summed E-state index contributed by atoms with van der Waals surface area (Å²) in [5, 5.41) is 3.38. The van der Waals surface area contributed by atoms with E-state index in [1.165, 1.54) is 4.88 Å². The molecule has 1 rings (SSSR count). The first-order valence-electron chi connectivity index (χ1n) is 5.65. The topological polar surface area (TPSA) is 21.3 Å². The Bertz CT molecular complexity index is 329. The van der Waals surface area contributed by atoms with E-state index in [1.54, 1.807) is 11.3 Å². The lowest BCUT2D eigenvalue weighted by Crippen LogP contribution is -2.38. The predicted octanol–water partition coefficient (Wildman–Crippen LogP) is 4.11. The fraction of sp³-hybridized carbons (Fsp3) is 0.667. The normalized spacial score (nSPS) is 12.1. The van der Waals surface area contributed by atoms with Gasteiger partial charge < -0.3 is 10.1 Å². The molecule has 0 aliphatic rings. The van der Waals surface area contributed by atoms with Crippen LogP contribution in [0.15, 0.2) is 10.5 Å². The molecule has 0 unspecified atom stereocenters. The Kier molecular flexibility index (Phi) is 6.45. The molecule has 0 saturated carbocycles. The molecule has 0 aliphatic carbocycles. The second kappa shape index (κ2) is 7.10. The third kappa shape index (κ3) is 6.77. The van der Waals surface area contributed by atoms with Crippen LogP contribution in [0.25, 0.3) is 0 Å². The summed E-state index contributed by atoms with van der Waals surface area (Å²) in [6.45, 7) is 8.83. The summed E-state index contributed by atoms with van der Waals surface area (Å²) in [4.78, 5) is 1.26. The van der Waals surface area contributed by atoms with Crippen LogP contribution in [0, 0.1) is 0 Å². The van der Waals surface area contributed by atoms with Gasteiger partial charge in [-0.1, -0.05) is 11.6 Å². The van der Waals surface area contributed by atoms with Crippen LogP contribution >= 0.6 is 38.9 Å². The molecule has 98 valence electrons. The number of ether oxygens (including phenoxy) is 1. The Balaban J connectivity index is 2.09. The first-order valence-corrected chi connectivity index (χ1v) is 7.64. The maximum atomic E-state index is 5.96. The fourth-order valence-corrected chi connectivity index (χ4v) is 3.06. The molecule has 0 aliphatic heterocycles. The lowest BCUT2D eigenvalue weighted by atomic mass is 10.1. The number of nitrogens with one attached hydrogen (secondary N) is 1. The predicted molar refractivity (Wildman–Crippen MR) is 79.3 cm³/mol. The molecule has 0 atom stereocenters. The highest BCUT2D eigenvalue weighted by molar-refractivity contribution is 9.10. The molecule has 2 nitrogen and oxygen atoms in total. The van der Waals surface area contributed by atoms with Crippen LogP contribution in [0.5, 0.6) is 0 Å². The Morgan fingerprint density at radius 2 is 2.12 bits per heavy atom. The smallest absolute Gasteiger partial charge is 0.107 e. The van der Waals surface area contributed by atoms with Crippen LogP contribution in [-0.2, 0) is 11.2 Å². The molecule has 0 amide bonds. The average molecular weight is 341 g/mol. The molecule has 0 aromatic carbocycles. The van der Waals surface area contributed by atoms with Crippen LogP contribution in [0.2, 0.25) is 4.34 Å². The molecule has 0 fully saturated rings. The van der Waals surface area contributed by atoms with Gasteiger partial charge in [0.1, 0.15) is 4.34 Å². The van der Waals surface area contributed by atoms with Gasteiger partial charge in [-0.2, -0.15) is 0 Å². The minimum atomic E-state index is 0.162. The molecule has 1 aromatic rings. The SMILES string of the molecule is CC(C)(C)NCCOCCc1cc(Br)c(Cl)s1. The summed E-state index contributed by atoms with van der Waals surface area (Å²) in [5.74, 6) is 0. The highest BCUT2D eigenvalue weighted by Gasteiger charge is 2.07. The van der Waals surface area contributed by atoms with Gasteiger partial charge in [0, 0.05) is 27.9 Å². The van der Waals surface area contributed by atoms with E-state index in [9.17, 15) is 0 Å². The molecule has 0 spiro atoms. The molecule has 1 heterocycles. The van der Waals surface area contributed by atoms with E-state index in [4.69, 9.17) is 16.3 Å². The van der Waals surface area contributed by atoms with Crippen molar-refractivity contribution in [3.05, 3.63) is 19.8 Å². The van der Waals surface area contributed by atoms with Crippen molar-refractivity contribution in [2.24, 2.45) is 0 Å². The number of hydrogen-bond acceptors (Lipinski definition) is 3. The van der Waals surface area contributed by atoms with Crippen molar-refractivity contribution in [1.82, 2.24) is 5.32 Å². The summed E-state index contributed by atoms with van der Waals surface area (Å²) in [7, 11) is 0. The van der Waals surface area contributed by atoms with Gasteiger partial charge in [-0.25, -0.2) is 0 Å². The molecular weight excluding hydrogens is 322 g/mol. The lowest BCUT2D eigenvalue weighted by Gasteiger charge is -2.20. The largest absolute Gasteiger partial charge is 0.380 e. The Labute approximate surface area is 121 Å². The lowest BCUT2D eigenvalue weighted by molar-refractivity contribution is 0.134. The standard InChI is InChI=1S/C12H19BrClNOS/c1-12(2,3)15-5-7-16-6-4-9-8-10(13)11(14)17-9/h8,15H,4-7H2,1-3H3. The van der Waals surface area contributed by atoms with Crippen LogP contribution in [0.4, 0.5) is 0 Å². The van der Waals surface area contributed by atoms with Gasteiger partial charge in [0.25, 0.3) is 0 Å². The van der Waals surface area contributed by atoms with Crippen molar-refractivity contribution in [2.45, 2.75) is 32.7 Å². The van der Waals surface area contributed by atoms with Crippen molar-refractivity contribution >= 4 is 38.9 Å². The van der Waals surface area contributed by atoms with Crippen molar-refractivity contribution < 1.29 is 4.74 Å². The van der Waals surface area contributed by atoms with Crippen LogP contribution in [0.1, 0.15) is 25.6 Å². The first kappa shape index (κ1) is 15.4. The van der Waals surface area contributed by atoms with Gasteiger partial charge in [-0.15, -0.1) is 11.3 Å². The maximum absolute atomic E-state index is 5.96. The van der Waals surface area contributed by atoms with Crippen LogP contribution in [-0.4, -0.2) is 25.3 Å². The third-order valence-corrected chi connectivity index (χ3v) is 4.63. The van der Waals surface area contributed by atoms with E-state index in [2.05, 4.69) is 48.1 Å². The van der Waals surface area contributed by atoms with Gasteiger partial charge in [-0.05, 0) is 42.8 Å². The van der Waals surface area contributed by atoms with Gasteiger partial charge in [0.15, 0.2) is 0 Å². The number of hydrogen-bond donors (Lipinski definition) is 1. The Hall–Kier alpha value is 0.390. The molecule has 0 radical (unpaired) electrons. The monoisotopic (exact) mass is 339 g/mol. The van der Waals surface area contributed by atoms with Gasteiger partial charge in [0.2, 0.25) is 0 Å². The third-order valence-electron chi connectivity index (χ3n) is 2.09. The Morgan fingerprint density at radius 3 is 2.65 bits per heavy atom. The van der Waals surface area contributed by atoms with Crippen molar-refractivity contribution in [3.8, 4) is 0 Å². The second-order valence-corrected chi connectivity index (χ2v) is 7.47. The van der Waals surface area contributed by atoms with Crippen molar-refractivity contribution in [1.29, 1.82) is 0 Å². The highest BCUT2D eigenvalue weighted by atomic mass is 79.9. The summed E-state index contributed by atoms with van der Waals surface area (Å²) in [5.41, 5.74) is 0.162. The highest BCUT2D eigenvalue weighted by Crippen LogP contribution is 2.32.